The molecule has 0 aromatic heterocycles. The highest BCUT2D eigenvalue weighted by molar-refractivity contribution is 5.84. The van der Waals surface area contributed by atoms with Crippen molar-refractivity contribution in [3.05, 3.63) is 0 Å². The van der Waals surface area contributed by atoms with Crippen LogP contribution in [0, 0.1) is 0 Å². The lowest BCUT2D eigenvalue weighted by molar-refractivity contribution is -0.269. The molecule has 3 nitrogen and oxygen atoms in total. The molecule has 1 rings (SSSR count). The SMILES string of the molecule is O=C(NCCOC1CCCC1)C(F)(F)C(F)(F)F. The largest absolute Gasteiger partial charge is 0.463 e. The summed E-state index contributed by atoms with van der Waals surface area (Å²) >= 11 is 0. The van der Waals surface area contributed by atoms with Crippen molar-refractivity contribution >= 4 is 5.91 Å². The second-order valence-corrected chi connectivity index (χ2v) is 4.11. The monoisotopic (exact) mass is 275 g/mol. The second-order valence-electron chi connectivity index (χ2n) is 4.11. The standard InChI is InChI=1S/C10H14F5NO2/c11-9(12,10(13,14)15)8(17)16-5-6-18-7-3-1-2-4-7/h7H,1-6H2,(H,16,17). The molecule has 1 saturated carbocycles. The van der Waals surface area contributed by atoms with Crippen molar-refractivity contribution < 1.29 is 31.5 Å². The van der Waals surface area contributed by atoms with Gasteiger partial charge in [-0.15, -0.1) is 0 Å². The van der Waals surface area contributed by atoms with Crippen molar-refractivity contribution in [3.63, 3.8) is 0 Å². The molecule has 1 aliphatic rings. The number of carbonyl (C=O) groups excluding carboxylic acids is 1. The van der Waals surface area contributed by atoms with Gasteiger partial charge in [0.25, 0.3) is 5.91 Å². The van der Waals surface area contributed by atoms with Gasteiger partial charge in [0.1, 0.15) is 0 Å². The minimum absolute atomic E-state index is 0.0185. The number of hydrogen-bond donors (Lipinski definition) is 1. The topological polar surface area (TPSA) is 38.3 Å². The molecule has 1 N–H and O–H groups in total. The van der Waals surface area contributed by atoms with Crippen LogP contribution in [0.15, 0.2) is 0 Å². The number of amides is 1. The summed E-state index contributed by atoms with van der Waals surface area (Å²) in [4.78, 5) is 10.7. The summed E-state index contributed by atoms with van der Waals surface area (Å²) in [5.74, 6) is -7.70. The van der Waals surface area contributed by atoms with Crippen LogP contribution < -0.4 is 5.32 Å². The van der Waals surface area contributed by atoms with Crippen molar-refractivity contribution in [2.45, 2.75) is 43.9 Å². The number of ether oxygens (including phenoxy) is 1. The quantitative estimate of drug-likeness (QED) is 0.617. The van der Waals surface area contributed by atoms with Gasteiger partial charge in [-0.05, 0) is 12.8 Å². The van der Waals surface area contributed by atoms with Crippen LogP contribution >= 0.6 is 0 Å². The Morgan fingerprint density at radius 3 is 2.22 bits per heavy atom. The van der Waals surface area contributed by atoms with E-state index in [1.165, 1.54) is 5.32 Å². The Labute approximate surface area is 101 Å². The van der Waals surface area contributed by atoms with E-state index in [9.17, 15) is 26.7 Å². The molecule has 0 heterocycles. The lowest BCUT2D eigenvalue weighted by Gasteiger charge is -2.19. The summed E-state index contributed by atoms with van der Waals surface area (Å²) in [6.45, 7) is -0.425. The molecule has 0 radical (unpaired) electrons. The predicted molar refractivity (Wildman–Crippen MR) is 52.2 cm³/mol. The minimum atomic E-state index is -5.87. The van der Waals surface area contributed by atoms with Crippen molar-refractivity contribution in [2.75, 3.05) is 13.2 Å². The van der Waals surface area contributed by atoms with Crippen LogP contribution in [-0.2, 0) is 9.53 Å². The van der Waals surface area contributed by atoms with Crippen LogP contribution in [-0.4, -0.2) is 37.3 Å². The number of carbonyl (C=O) groups is 1. The number of nitrogens with one attached hydrogen (secondary N) is 1. The van der Waals surface area contributed by atoms with Gasteiger partial charge >= 0.3 is 12.1 Å². The number of rotatable bonds is 5. The summed E-state index contributed by atoms with van der Waals surface area (Å²) < 4.78 is 65.5. The molecule has 1 fully saturated rings. The van der Waals surface area contributed by atoms with Crippen molar-refractivity contribution in [1.29, 1.82) is 0 Å². The Balaban J connectivity index is 2.24. The van der Waals surface area contributed by atoms with Crippen LogP contribution in [0.2, 0.25) is 0 Å². The van der Waals surface area contributed by atoms with E-state index in [4.69, 9.17) is 4.74 Å². The maximum absolute atomic E-state index is 12.5. The molecule has 0 spiro atoms. The molecular weight excluding hydrogens is 261 g/mol. The van der Waals surface area contributed by atoms with Crippen LogP contribution in [0.4, 0.5) is 22.0 Å². The van der Waals surface area contributed by atoms with E-state index in [1.54, 1.807) is 0 Å². The van der Waals surface area contributed by atoms with Gasteiger partial charge in [-0.25, -0.2) is 0 Å². The van der Waals surface area contributed by atoms with Crippen molar-refractivity contribution in [2.24, 2.45) is 0 Å². The Bertz CT molecular complexity index is 286. The first-order chi connectivity index (χ1) is 8.25. The molecule has 8 heteroatoms. The summed E-state index contributed by atoms with van der Waals surface area (Å²) in [6.07, 6.45) is -2.11. The van der Waals surface area contributed by atoms with Gasteiger partial charge in [0.2, 0.25) is 0 Å². The van der Waals surface area contributed by atoms with Gasteiger partial charge in [0.05, 0.1) is 12.7 Å². The Kier molecular flexibility index (Phi) is 4.89. The third-order valence-electron chi connectivity index (χ3n) is 2.68. The average Bonchev–Trinajstić information content (AvgIpc) is 2.75. The molecule has 0 atom stereocenters. The van der Waals surface area contributed by atoms with E-state index in [0.29, 0.717) is 0 Å². The molecule has 0 aromatic carbocycles. The maximum Gasteiger partial charge on any atom is 0.463 e. The third-order valence-corrected chi connectivity index (χ3v) is 2.68. The van der Waals surface area contributed by atoms with Gasteiger partial charge in [-0.3, -0.25) is 4.79 Å². The van der Waals surface area contributed by atoms with E-state index in [-0.39, 0.29) is 19.3 Å². The molecule has 0 saturated heterocycles. The van der Waals surface area contributed by atoms with Gasteiger partial charge in [-0.1, -0.05) is 12.8 Å². The van der Waals surface area contributed by atoms with E-state index in [2.05, 4.69) is 0 Å². The molecule has 106 valence electrons. The fourth-order valence-corrected chi connectivity index (χ4v) is 1.68. The highest BCUT2D eigenvalue weighted by Crippen LogP contribution is 2.35. The van der Waals surface area contributed by atoms with Crippen molar-refractivity contribution in [3.8, 4) is 0 Å². The molecule has 18 heavy (non-hydrogen) atoms. The van der Waals surface area contributed by atoms with Gasteiger partial charge in [0, 0.05) is 6.54 Å². The Morgan fingerprint density at radius 2 is 1.72 bits per heavy atom. The van der Waals surface area contributed by atoms with E-state index in [0.717, 1.165) is 25.7 Å². The van der Waals surface area contributed by atoms with Crippen LogP contribution in [0.25, 0.3) is 0 Å². The molecule has 1 aliphatic carbocycles. The van der Waals surface area contributed by atoms with Crippen molar-refractivity contribution in [1.82, 2.24) is 5.32 Å². The zero-order valence-electron chi connectivity index (χ0n) is 9.53. The predicted octanol–water partition coefficient (Wildman–Crippen LogP) is 2.26. The Hall–Kier alpha value is -0.920. The smallest absolute Gasteiger partial charge is 0.376 e. The highest BCUT2D eigenvalue weighted by atomic mass is 19.4. The normalized spacial score (nSPS) is 18.1. The van der Waals surface area contributed by atoms with Gasteiger partial charge in [-0.2, -0.15) is 22.0 Å². The first kappa shape index (κ1) is 15.1. The lowest BCUT2D eigenvalue weighted by Crippen LogP contribution is -2.51. The first-order valence-corrected chi connectivity index (χ1v) is 5.59. The lowest BCUT2D eigenvalue weighted by atomic mass is 10.3. The summed E-state index contributed by atoms with van der Waals surface area (Å²) in [7, 11) is 0. The molecular formula is C10H14F5NO2. The first-order valence-electron chi connectivity index (χ1n) is 5.59. The highest BCUT2D eigenvalue weighted by Gasteiger charge is 2.63. The summed E-state index contributed by atoms with van der Waals surface area (Å²) in [6, 6.07) is 0. The van der Waals surface area contributed by atoms with Crippen LogP contribution in [0.3, 0.4) is 0 Å². The molecule has 0 bridgehead atoms. The summed E-state index contributed by atoms with van der Waals surface area (Å²) in [5.41, 5.74) is 0. The van der Waals surface area contributed by atoms with Gasteiger partial charge < -0.3 is 10.1 Å². The average molecular weight is 275 g/mol. The fourth-order valence-electron chi connectivity index (χ4n) is 1.68. The zero-order valence-corrected chi connectivity index (χ0v) is 9.53. The number of halogens is 5. The fraction of sp³-hybridized carbons (Fsp3) is 0.900. The van der Waals surface area contributed by atoms with E-state index < -0.39 is 18.0 Å². The van der Waals surface area contributed by atoms with Crippen LogP contribution in [0.5, 0.6) is 0 Å². The zero-order chi connectivity index (χ0) is 13.8. The molecule has 0 aromatic rings. The molecule has 0 unspecified atom stereocenters. The second kappa shape index (κ2) is 5.81. The van der Waals surface area contributed by atoms with E-state index >= 15 is 0 Å². The molecule has 0 aliphatic heterocycles. The third kappa shape index (κ3) is 3.79. The minimum Gasteiger partial charge on any atom is -0.376 e. The molecule has 1 amide bonds. The summed E-state index contributed by atoms with van der Waals surface area (Å²) in [5, 5.41) is 1.52. The Morgan fingerprint density at radius 1 is 1.17 bits per heavy atom. The number of hydrogen-bond acceptors (Lipinski definition) is 2. The van der Waals surface area contributed by atoms with E-state index in [1.807, 2.05) is 0 Å². The van der Waals surface area contributed by atoms with Crippen LogP contribution in [0.1, 0.15) is 25.7 Å². The van der Waals surface area contributed by atoms with Gasteiger partial charge in [0.15, 0.2) is 0 Å². The maximum atomic E-state index is 12.5. The number of alkyl halides is 5.